The Morgan fingerprint density at radius 2 is 1.38 bits per heavy atom. The van der Waals surface area contributed by atoms with Gasteiger partial charge < -0.3 is 5.73 Å². The van der Waals surface area contributed by atoms with Crippen molar-refractivity contribution in [2.75, 3.05) is 0 Å². The van der Waals surface area contributed by atoms with Crippen molar-refractivity contribution in [3.05, 3.63) is 83.9 Å². The maximum absolute atomic E-state index is 6.23. The third-order valence-electron chi connectivity index (χ3n) is 3.46. The van der Waals surface area contributed by atoms with Crippen LogP contribution in [0.1, 0.15) is 23.0 Å². The van der Waals surface area contributed by atoms with Gasteiger partial charge in [0.15, 0.2) is 0 Å². The van der Waals surface area contributed by atoms with Crippen LogP contribution in [0, 0.1) is 6.92 Å². The van der Waals surface area contributed by atoms with E-state index in [9.17, 15) is 0 Å². The Hall–Kier alpha value is -2.52. The molecule has 0 aliphatic heterocycles. The molecule has 0 saturated carbocycles. The van der Waals surface area contributed by atoms with Crippen LogP contribution in [0.15, 0.2) is 67.0 Å². The van der Waals surface area contributed by atoms with Crippen molar-refractivity contribution in [2.45, 2.75) is 13.0 Å². The number of hydrogen-bond acceptors (Lipinski definition) is 3. The summed E-state index contributed by atoms with van der Waals surface area (Å²) in [6.07, 6.45) is 3.58. The van der Waals surface area contributed by atoms with E-state index in [1.54, 1.807) is 12.4 Å². The second-order valence-corrected chi connectivity index (χ2v) is 5.08. The Morgan fingerprint density at radius 3 is 2.00 bits per heavy atom. The van der Waals surface area contributed by atoms with Gasteiger partial charge in [0.2, 0.25) is 0 Å². The molecule has 0 bridgehead atoms. The molecule has 0 aliphatic rings. The smallest absolute Gasteiger partial charge is 0.149 e. The van der Waals surface area contributed by atoms with Crippen molar-refractivity contribution < 1.29 is 0 Å². The molecule has 1 heterocycles. The fraction of sp³-hybridized carbons (Fsp3) is 0.111. The fourth-order valence-corrected chi connectivity index (χ4v) is 2.23. The van der Waals surface area contributed by atoms with Gasteiger partial charge in [0.25, 0.3) is 0 Å². The minimum atomic E-state index is -0.296. The van der Waals surface area contributed by atoms with Crippen molar-refractivity contribution in [1.29, 1.82) is 0 Å². The monoisotopic (exact) mass is 275 g/mol. The Kier molecular flexibility index (Phi) is 3.75. The highest BCUT2D eigenvalue weighted by Gasteiger charge is 2.11. The highest BCUT2D eigenvalue weighted by molar-refractivity contribution is 5.63. The molecular weight excluding hydrogens is 258 g/mol. The molecule has 1 aromatic heterocycles. The van der Waals surface area contributed by atoms with Crippen molar-refractivity contribution in [1.82, 2.24) is 9.97 Å². The lowest BCUT2D eigenvalue weighted by molar-refractivity contribution is 0.777. The number of aromatic nitrogens is 2. The number of aryl methyl sites for hydroxylation is 1. The first-order valence-electron chi connectivity index (χ1n) is 6.93. The average molecular weight is 275 g/mol. The summed E-state index contributed by atoms with van der Waals surface area (Å²) < 4.78 is 0. The van der Waals surface area contributed by atoms with Gasteiger partial charge in [-0.1, -0.05) is 54.6 Å². The topological polar surface area (TPSA) is 51.8 Å². The summed E-state index contributed by atoms with van der Waals surface area (Å²) in [5.41, 5.74) is 10.7. The number of nitrogens with zero attached hydrogens (tertiary/aromatic N) is 2. The van der Waals surface area contributed by atoms with E-state index in [0.717, 1.165) is 11.1 Å². The van der Waals surface area contributed by atoms with Gasteiger partial charge in [0, 0.05) is 12.4 Å². The first kappa shape index (κ1) is 13.5. The summed E-state index contributed by atoms with van der Waals surface area (Å²) >= 11 is 0. The third kappa shape index (κ3) is 2.98. The van der Waals surface area contributed by atoms with Crippen molar-refractivity contribution >= 4 is 0 Å². The van der Waals surface area contributed by atoms with Crippen LogP contribution in [0.3, 0.4) is 0 Å². The standard InChI is InChI=1S/C18H17N3/c1-13-11-20-18(21-12-13)17(19)16-9-7-15(8-10-16)14-5-3-2-4-6-14/h2-12,17H,19H2,1H3. The lowest BCUT2D eigenvalue weighted by atomic mass is 10.0. The Bertz CT molecular complexity index is 704. The molecule has 2 aromatic carbocycles. The molecular formula is C18H17N3. The molecule has 0 amide bonds. The predicted molar refractivity (Wildman–Crippen MR) is 84.7 cm³/mol. The number of nitrogens with two attached hydrogens (primary N) is 1. The van der Waals surface area contributed by atoms with Gasteiger partial charge in [-0.05, 0) is 29.2 Å². The molecule has 0 spiro atoms. The molecule has 3 heteroatoms. The summed E-state index contributed by atoms with van der Waals surface area (Å²) in [7, 11) is 0. The second kappa shape index (κ2) is 5.85. The lowest BCUT2D eigenvalue weighted by Crippen LogP contribution is -2.15. The van der Waals surface area contributed by atoms with Crippen LogP contribution in [-0.2, 0) is 0 Å². The quantitative estimate of drug-likeness (QED) is 0.796. The molecule has 0 fully saturated rings. The van der Waals surface area contributed by atoms with Gasteiger partial charge in [-0.15, -0.1) is 0 Å². The zero-order valence-corrected chi connectivity index (χ0v) is 11.9. The zero-order chi connectivity index (χ0) is 14.7. The van der Waals surface area contributed by atoms with Crippen LogP contribution < -0.4 is 5.73 Å². The maximum atomic E-state index is 6.23. The van der Waals surface area contributed by atoms with Gasteiger partial charge in [-0.25, -0.2) is 9.97 Å². The molecule has 3 nitrogen and oxygen atoms in total. The van der Waals surface area contributed by atoms with E-state index >= 15 is 0 Å². The van der Waals surface area contributed by atoms with E-state index in [2.05, 4.69) is 34.2 Å². The first-order valence-corrected chi connectivity index (χ1v) is 6.93. The maximum Gasteiger partial charge on any atom is 0.149 e. The van der Waals surface area contributed by atoms with Gasteiger partial charge >= 0.3 is 0 Å². The van der Waals surface area contributed by atoms with E-state index < -0.39 is 0 Å². The number of hydrogen-bond donors (Lipinski definition) is 1. The van der Waals surface area contributed by atoms with E-state index in [1.165, 1.54) is 11.1 Å². The highest BCUT2D eigenvalue weighted by Crippen LogP contribution is 2.22. The van der Waals surface area contributed by atoms with E-state index in [0.29, 0.717) is 5.82 Å². The second-order valence-electron chi connectivity index (χ2n) is 5.08. The highest BCUT2D eigenvalue weighted by atomic mass is 14.9. The lowest BCUT2D eigenvalue weighted by Gasteiger charge is -2.11. The normalized spacial score (nSPS) is 12.1. The molecule has 1 unspecified atom stereocenters. The summed E-state index contributed by atoms with van der Waals surface area (Å²) in [5.74, 6) is 0.646. The molecule has 2 N–H and O–H groups in total. The minimum Gasteiger partial charge on any atom is -0.318 e. The summed E-state index contributed by atoms with van der Waals surface area (Å²) in [5, 5.41) is 0. The Balaban J connectivity index is 1.85. The fourth-order valence-electron chi connectivity index (χ4n) is 2.23. The molecule has 104 valence electrons. The average Bonchev–Trinajstić information content (AvgIpc) is 2.56. The summed E-state index contributed by atoms with van der Waals surface area (Å²) in [6, 6.07) is 18.2. The van der Waals surface area contributed by atoms with E-state index in [1.807, 2.05) is 37.3 Å². The van der Waals surface area contributed by atoms with Crippen molar-refractivity contribution in [3.63, 3.8) is 0 Å². The molecule has 3 rings (SSSR count). The Labute approximate surface area is 124 Å². The Morgan fingerprint density at radius 1 is 0.810 bits per heavy atom. The van der Waals surface area contributed by atoms with Crippen LogP contribution >= 0.6 is 0 Å². The minimum absolute atomic E-state index is 0.296. The van der Waals surface area contributed by atoms with Crippen LogP contribution in [0.4, 0.5) is 0 Å². The zero-order valence-electron chi connectivity index (χ0n) is 11.9. The van der Waals surface area contributed by atoms with E-state index in [-0.39, 0.29) is 6.04 Å². The van der Waals surface area contributed by atoms with Crippen molar-refractivity contribution in [3.8, 4) is 11.1 Å². The largest absolute Gasteiger partial charge is 0.318 e. The predicted octanol–water partition coefficient (Wildman–Crippen LogP) is 3.50. The molecule has 0 radical (unpaired) electrons. The van der Waals surface area contributed by atoms with Gasteiger partial charge in [-0.2, -0.15) is 0 Å². The first-order chi connectivity index (χ1) is 10.2. The van der Waals surface area contributed by atoms with Crippen LogP contribution in [0.5, 0.6) is 0 Å². The number of rotatable bonds is 3. The summed E-state index contributed by atoms with van der Waals surface area (Å²) in [4.78, 5) is 8.60. The van der Waals surface area contributed by atoms with Crippen LogP contribution in [-0.4, -0.2) is 9.97 Å². The van der Waals surface area contributed by atoms with Crippen LogP contribution in [0.25, 0.3) is 11.1 Å². The molecule has 1 atom stereocenters. The van der Waals surface area contributed by atoms with Gasteiger partial charge in [0.05, 0.1) is 6.04 Å². The van der Waals surface area contributed by atoms with Gasteiger partial charge in [0.1, 0.15) is 5.82 Å². The third-order valence-corrected chi connectivity index (χ3v) is 3.46. The summed E-state index contributed by atoms with van der Waals surface area (Å²) in [6.45, 7) is 1.96. The van der Waals surface area contributed by atoms with Crippen molar-refractivity contribution in [2.24, 2.45) is 5.73 Å². The van der Waals surface area contributed by atoms with E-state index in [4.69, 9.17) is 5.73 Å². The van der Waals surface area contributed by atoms with Crippen LogP contribution in [0.2, 0.25) is 0 Å². The number of benzene rings is 2. The van der Waals surface area contributed by atoms with Gasteiger partial charge in [-0.3, -0.25) is 0 Å². The molecule has 0 aliphatic carbocycles. The SMILES string of the molecule is Cc1cnc(C(N)c2ccc(-c3ccccc3)cc2)nc1. The molecule has 3 aromatic rings. The molecule has 0 saturated heterocycles. The molecule has 21 heavy (non-hydrogen) atoms.